The monoisotopic (exact) mass is 250 g/mol. The average molecular weight is 250 g/mol. The van der Waals surface area contributed by atoms with Gasteiger partial charge in [0.05, 0.1) is 7.11 Å². The van der Waals surface area contributed by atoms with Crippen LogP contribution in [0.4, 0.5) is 4.79 Å². The zero-order chi connectivity index (χ0) is 13.1. The Morgan fingerprint density at radius 3 is 2.72 bits per heavy atom. The molecule has 0 radical (unpaired) electrons. The first-order valence-corrected chi connectivity index (χ1v) is 5.96. The zero-order valence-corrected chi connectivity index (χ0v) is 10.6. The maximum Gasteiger partial charge on any atom is 0.340 e. The molecule has 0 spiro atoms. The van der Waals surface area contributed by atoms with Crippen LogP contribution in [-0.2, 0) is 0 Å². The summed E-state index contributed by atoms with van der Waals surface area (Å²) in [6.07, 6.45) is 1.07. The van der Waals surface area contributed by atoms with Crippen molar-refractivity contribution >= 4 is 6.03 Å². The Balaban J connectivity index is 1.81. The van der Waals surface area contributed by atoms with Crippen molar-refractivity contribution in [1.82, 2.24) is 10.4 Å². The molecule has 2 amide bonds. The minimum Gasteiger partial charge on any atom is -0.497 e. The number of carbonyl (C=O) groups is 1. The number of nitrogens with zero attached hydrogens (tertiary/aromatic N) is 1. The molecule has 98 valence electrons. The van der Waals surface area contributed by atoms with E-state index < -0.39 is 6.03 Å². The Morgan fingerprint density at radius 2 is 2.17 bits per heavy atom. The summed E-state index contributed by atoms with van der Waals surface area (Å²) >= 11 is 0. The van der Waals surface area contributed by atoms with E-state index in [4.69, 9.17) is 9.94 Å². The first-order chi connectivity index (χ1) is 8.61. The quantitative estimate of drug-likeness (QED) is 0.633. The van der Waals surface area contributed by atoms with Gasteiger partial charge in [0, 0.05) is 13.6 Å². The summed E-state index contributed by atoms with van der Waals surface area (Å²) in [5.74, 6) is 1.81. The Hall–Kier alpha value is -1.75. The minimum absolute atomic E-state index is 0.460. The van der Waals surface area contributed by atoms with E-state index in [1.807, 2.05) is 12.1 Å². The normalized spacial score (nSPS) is 21.3. The zero-order valence-electron chi connectivity index (χ0n) is 10.6. The number of benzene rings is 1. The molecule has 2 atom stereocenters. The number of urea groups is 1. The lowest BCUT2D eigenvalue weighted by Crippen LogP contribution is -2.36. The molecule has 0 aromatic heterocycles. The molecule has 1 aliphatic carbocycles. The topological polar surface area (TPSA) is 61.8 Å². The molecule has 0 bridgehead atoms. The number of amides is 2. The first kappa shape index (κ1) is 12.7. The molecule has 2 rings (SSSR count). The van der Waals surface area contributed by atoms with Crippen LogP contribution in [0.1, 0.15) is 17.9 Å². The maximum atomic E-state index is 11.2. The SMILES string of the molecule is COc1ccc([C@@H]2C[C@H]2CNC(=O)N(C)O)cc1. The molecule has 0 aliphatic heterocycles. The summed E-state index contributed by atoms with van der Waals surface area (Å²) in [5, 5.41) is 12.1. The number of carbonyl (C=O) groups excluding carboxylic acids is 1. The number of hydroxylamine groups is 2. The fourth-order valence-electron chi connectivity index (χ4n) is 2.07. The standard InChI is InChI=1S/C13H18N2O3/c1-15(17)13(16)14-8-10-7-12(10)9-3-5-11(18-2)6-4-9/h3-6,10,12,17H,7-8H2,1-2H3,(H,14,16)/t10-,12-/m0/s1. The van der Waals surface area contributed by atoms with E-state index >= 15 is 0 Å². The van der Waals surface area contributed by atoms with Gasteiger partial charge in [0.2, 0.25) is 0 Å². The second-order valence-electron chi connectivity index (χ2n) is 4.59. The number of methoxy groups -OCH3 is 1. The molecule has 0 unspecified atom stereocenters. The molecule has 18 heavy (non-hydrogen) atoms. The number of hydrogen-bond acceptors (Lipinski definition) is 3. The second kappa shape index (κ2) is 5.27. The fourth-order valence-corrected chi connectivity index (χ4v) is 2.07. The Kier molecular flexibility index (Phi) is 3.72. The number of rotatable bonds is 4. The lowest BCUT2D eigenvalue weighted by atomic mass is 10.1. The molecule has 2 N–H and O–H groups in total. The van der Waals surface area contributed by atoms with Crippen molar-refractivity contribution in [2.75, 3.05) is 20.7 Å². The molecule has 0 heterocycles. The largest absolute Gasteiger partial charge is 0.497 e. The average Bonchev–Trinajstić information content (AvgIpc) is 3.15. The summed E-state index contributed by atoms with van der Waals surface area (Å²) in [6, 6.07) is 7.55. The van der Waals surface area contributed by atoms with E-state index in [1.54, 1.807) is 7.11 Å². The lowest BCUT2D eigenvalue weighted by Gasteiger charge is -2.09. The van der Waals surface area contributed by atoms with Crippen molar-refractivity contribution in [3.8, 4) is 5.75 Å². The minimum atomic E-state index is -0.463. The maximum absolute atomic E-state index is 11.2. The molecule has 0 saturated heterocycles. The van der Waals surface area contributed by atoms with E-state index in [9.17, 15) is 4.79 Å². The van der Waals surface area contributed by atoms with Crippen LogP contribution in [0.3, 0.4) is 0 Å². The highest BCUT2D eigenvalue weighted by Gasteiger charge is 2.38. The number of hydrogen-bond donors (Lipinski definition) is 2. The Morgan fingerprint density at radius 1 is 1.50 bits per heavy atom. The van der Waals surface area contributed by atoms with E-state index in [2.05, 4.69) is 17.4 Å². The van der Waals surface area contributed by atoms with Gasteiger partial charge in [0.15, 0.2) is 0 Å². The van der Waals surface area contributed by atoms with Crippen molar-refractivity contribution in [1.29, 1.82) is 0 Å². The lowest BCUT2D eigenvalue weighted by molar-refractivity contribution is -0.0183. The van der Waals surface area contributed by atoms with Gasteiger partial charge < -0.3 is 10.1 Å². The van der Waals surface area contributed by atoms with Crippen LogP contribution < -0.4 is 10.1 Å². The van der Waals surface area contributed by atoms with Crippen LogP contribution in [0, 0.1) is 5.92 Å². The summed E-state index contributed by atoms with van der Waals surface area (Å²) in [5.41, 5.74) is 1.27. The van der Waals surface area contributed by atoms with Gasteiger partial charge in [-0.25, -0.2) is 9.86 Å². The van der Waals surface area contributed by atoms with Gasteiger partial charge in [-0.05, 0) is 36.0 Å². The van der Waals surface area contributed by atoms with Gasteiger partial charge in [-0.2, -0.15) is 0 Å². The fraction of sp³-hybridized carbons (Fsp3) is 0.462. The second-order valence-corrected chi connectivity index (χ2v) is 4.59. The van der Waals surface area contributed by atoms with E-state index in [1.165, 1.54) is 12.6 Å². The summed E-state index contributed by atoms with van der Waals surface area (Å²) in [7, 11) is 2.96. The van der Waals surface area contributed by atoms with Crippen LogP contribution in [0.15, 0.2) is 24.3 Å². The van der Waals surface area contributed by atoms with Gasteiger partial charge in [-0.1, -0.05) is 12.1 Å². The molecule has 5 nitrogen and oxygen atoms in total. The van der Waals surface area contributed by atoms with Gasteiger partial charge in [-0.3, -0.25) is 5.21 Å². The Labute approximate surface area is 106 Å². The summed E-state index contributed by atoms with van der Waals surface area (Å²) < 4.78 is 5.11. The Bertz CT molecular complexity index is 417. The van der Waals surface area contributed by atoms with E-state index in [-0.39, 0.29) is 0 Å². The molecule has 5 heteroatoms. The van der Waals surface area contributed by atoms with Crippen LogP contribution in [0.25, 0.3) is 0 Å². The number of ether oxygens (including phenoxy) is 1. The van der Waals surface area contributed by atoms with Crippen molar-refractivity contribution in [3.05, 3.63) is 29.8 Å². The van der Waals surface area contributed by atoms with Gasteiger partial charge in [-0.15, -0.1) is 0 Å². The molecule has 1 fully saturated rings. The van der Waals surface area contributed by atoms with Crippen LogP contribution in [0.2, 0.25) is 0 Å². The highest BCUT2D eigenvalue weighted by Crippen LogP contribution is 2.47. The molecular weight excluding hydrogens is 232 g/mol. The van der Waals surface area contributed by atoms with E-state index in [0.29, 0.717) is 23.4 Å². The van der Waals surface area contributed by atoms with Crippen molar-refractivity contribution in [3.63, 3.8) is 0 Å². The molecule has 1 aromatic carbocycles. The predicted octanol–water partition coefficient (Wildman–Crippen LogP) is 1.83. The molecule has 1 aromatic rings. The van der Waals surface area contributed by atoms with Crippen LogP contribution in [-0.4, -0.2) is 37.0 Å². The predicted molar refractivity (Wildman–Crippen MR) is 66.8 cm³/mol. The molecule has 1 aliphatic rings. The highest BCUT2D eigenvalue weighted by atomic mass is 16.5. The molecular formula is C13H18N2O3. The molecule has 1 saturated carbocycles. The van der Waals surface area contributed by atoms with Crippen molar-refractivity contribution < 1.29 is 14.7 Å². The third-order valence-corrected chi connectivity index (χ3v) is 3.28. The number of nitrogens with one attached hydrogen (secondary N) is 1. The van der Waals surface area contributed by atoms with Crippen LogP contribution in [0.5, 0.6) is 5.75 Å². The van der Waals surface area contributed by atoms with Crippen molar-refractivity contribution in [2.45, 2.75) is 12.3 Å². The third kappa shape index (κ3) is 2.92. The summed E-state index contributed by atoms with van der Waals surface area (Å²) in [4.78, 5) is 11.2. The van der Waals surface area contributed by atoms with Gasteiger partial charge in [0.1, 0.15) is 5.75 Å². The third-order valence-electron chi connectivity index (χ3n) is 3.28. The van der Waals surface area contributed by atoms with Gasteiger partial charge >= 0.3 is 6.03 Å². The van der Waals surface area contributed by atoms with Gasteiger partial charge in [0.25, 0.3) is 0 Å². The van der Waals surface area contributed by atoms with Crippen LogP contribution >= 0.6 is 0 Å². The van der Waals surface area contributed by atoms with Crippen molar-refractivity contribution in [2.24, 2.45) is 5.92 Å². The highest BCUT2D eigenvalue weighted by molar-refractivity contribution is 5.72. The summed E-state index contributed by atoms with van der Waals surface area (Å²) in [6.45, 7) is 0.598. The first-order valence-electron chi connectivity index (χ1n) is 5.96. The smallest absolute Gasteiger partial charge is 0.340 e. The van der Waals surface area contributed by atoms with E-state index in [0.717, 1.165) is 12.2 Å².